The van der Waals surface area contributed by atoms with Crippen molar-refractivity contribution in [1.82, 2.24) is 10.6 Å². The molecular formula is C19H31N3O6. The molecule has 1 amide bonds. The quantitative estimate of drug-likeness (QED) is 0.280. The van der Waals surface area contributed by atoms with E-state index in [0.29, 0.717) is 32.3 Å². The van der Waals surface area contributed by atoms with Crippen LogP contribution in [0.4, 0.5) is 4.79 Å². The Bertz CT molecular complexity index is 616. The topological polar surface area (TPSA) is 138 Å². The molecule has 0 aliphatic heterocycles. The zero-order valence-electron chi connectivity index (χ0n) is 17.0. The molecule has 158 valence electrons. The lowest BCUT2D eigenvalue weighted by atomic mass is 9.86. The SMILES string of the molecule is CCOC(=O)[C@H]1CC[C@H](N/C(CNC(=O)OC(C)(C)C)=C(\C=N)C(=O)O)CC1. The van der Waals surface area contributed by atoms with E-state index in [2.05, 4.69) is 10.6 Å². The lowest BCUT2D eigenvalue weighted by molar-refractivity contribution is -0.149. The van der Waals surface area contributed by atoms with E-state index >= 15 is 0 Å². The molecule has 28 heavy (non-hydrogen) atoms. The monoisotopic (exact) mass is 397 g/mol. The van der Waals surface area contributed by atoms with Crippen LogP contribution < -0.4 is 10.6 Å². The van der Waals surface area contributed by atoms with Gasteiger partial charge in [-0.25, -0.2) is 9.59 Å². The predicted molar refractivity (Wildman–Crippen MR) is 103 cm³/mol. The Morgan fingerprint density at radius 2 is 1.79 bits per heavy atom. The van der Waals surface area contributed by atoms with Crippen LogP contribution in [-0.2, 0) is 19.1 Å². The van der Waals surface area contributed by atoms with Crippen molar-refractivity contribution < 1.29 is 29.0 Å². The fourth-order valence-electron chi connectivity index (χ4n) is 2.96. The average molecular weight is 397 g/mol. The number of carbonyl (C=O) groups excluding carboxylic acids is 2. The number of hydrogen-bond acceptors (Lipinski definition) is 7. The summed E-state index contributed by atoms with van der Waals surface area (Å²) >= 11 is 0. The number of alkyl carbamates (subject to hydrolysis) is 1. The van der Waals surface area contributed by atoms with Gasteiger partial charge >= 0.3 is 18.0 Å². The minimum Gasteiger partial charge on any atom is -0.478 e. The van der Waals surface area contributed by atoms with Crippen LogP contribution in [0.1, 0.15) is 53.4 Å². The van der Waals surface area contributed by atoms with Gasteiger partial charge in [0.15, 0.2) is 0 Å². The maximum Gasteiger partial charge on any atom is 0.407 e. The molecule has 0 spiro atoms. The Hall–Kier alpha value is -2.58. The van der Waals surface area contributed by atoms with Crippen LogP contribution >= 0.6 is 0 Å². The van der Waals surface area contributed by atoms with Crippen molar-refractivity contribution in [2.24, 2.45) is 5.92 Å². The Kier molecular flexibility index (Phi) is 8.94. The van der Waals surface area contributed by atoms with Gasteiger partial charge in [-0.1, -0.05) is 0 Å². The molecule has 0 bridgehead atoms. The maximum absolute atomic E-state index is 11.9. The molecular weight excluding hydrogens is 366 g/mol. The van der Waals surface area contributed by atoms with Gasteiger partial charge in [0, 0.05) is 18.0 Å². The van der Waals surface area contributed by atoms with Crippen molar-refractivity contribution in [3.05, 3.63) is 11.3 Å². The highest BCUT2D eigenvalue weighted by Crippen LogP contribution is 2.26. The van der Waals surface area contributed by atoms with Crippen LogP contribution in [0.2, 0.25) is 0 Å². The van der Waals surface area contributed by atoms with E-state index in [1.807, 2.05) is 0 Å². The summed E-state index contributed by atoms with van der Waals surface area (Å²) in [5.41, 5.74) is -0.680. The number of carboxylic acids is 1. The Morgan fingerprint density at radius 1 is 1.18 bits per heavy atom. The normalized spacial score (nSPS) is 20.4. The Labute approximate surface area is 165 Å². The highest BCUT2D eigenvalue weighted by Gasteiger charge is 2.28. The van der Waals surface area contributed by atoms with Gasteiger partial charge in [0.2, 0.25) is 0 Å². The van der Waals surface area contributed by atoms with Gasteiger partial charge in [0.05, 0.1) is 24.6 Å². The number of aliphatic carboxylic acids is 1. The first-order valence-corrected chi connectivity index (χ1v) is 9.44. The zero-order chi connectivity index (χ0) is 21.3. The summed E-state index contributed by atoms with van der Waals surface area (Å²) < 4.78 is 10.2. The van der Waals surface area contributed by atoms with Crippen LogP contribution in [-0.4, -0.2) is 54.1 Å². The van der Waals surface area contributed by atoms with Crippen LogP contribution in [0, 0.1) is 11.3 Å². The Morgan fingerprint density at radius 3 is 2.25 bits per heavy atom. The maximum atomic E-state index is 11.9. The molecule has 0 heterocycles. The third-order valence-corrected chi connectivity index (χ3v) is 4.23. The summed E-state index contributed by atoms with van der Waals surface area (Å²) in [5.74, 6) is -1.61. The number of esters is 1. The molecule has 9 nitrogen and oxygen atoms in total. The summed E-state index contributed by atoms with van der Waals surface area (Å²) in [6.07, 6.45) is 2.65. The number of hydrogen-bond donors (Lipinski definition) is 4. The van der Waals surface area contributed by atoms with Crippen molar-refractivity contribution >= 4 is 24.2 Å². The minimum atomic E-state index is -1.26. The molecule has 0 aromatic rings. The molecule has 1 saturated carbocycles. The molecule has 1 aliphatic rings. The predicted octanol–water partition coefficient (Wildman–Crippen LogP) is 2.21. The van der Waals surface area contributed by atoms with Crippen molar-refractivity contribution in [3.8, 4) is 0 Å². The second kappa shape index (κ2) is 10.7. The first-order chi connectivity index (χ1) is 13.1. The van der Waals surface area contributed by atoms with Gasteiger partial charge in [0.25, 0.3) is 0 Å². The zero-order valence-corrected chi connectivity index (χ0v) is 17.0. The smallest absolute Gasteiger partial charge is 0.407 e. The molecule has 1 fully saturated rings. The fourth-order valence-corrected chi connectivity index (χ4v) is 2.96. The van der Waals surface area contributed by atoms with Crippen LogP contribution in [0.25, 0.3) is 0 Å². The first-order valence-electron chi connectivity index (χ1n) is 9.44. The first kappa shape index (κ1) is 23.5. The number of carboxylic acid groups (broad SMARTS) is 1. The second-order valence-electron chi connectivity index (χ2n) is 7.64. The molecule has 4 N–H and O–H groups in total. The van der Waals surface area contributed by atoms with Crippen molar-refractivity contribution in [2.45, 2.75) is 65.0 Å². The van der Waals surface area contributed by atoms with E-state index in [4.69, 9.17) is 14.9 Å². The molecule has 9 heteroatoms. The summed E-state index contributed by atoms with van der Waals surface area (Å²) in [6.45, 7) is 7.19. The molecule has 1 rings (SSSR count). The molecule has 0 unspecified atom stereocenters. The number of nitrogens with one attached hydrogen (secondary N) is 3. The molecule has 0 radical (unpaired) electrons. The summed E-state index contributed by atoms with van der Waals surface area (Å²) in [4.78, 5) is 35.2. The molecule has 0 saturated heterocycles. The van der Waals surface area contributed by atoms with Gasteiger partial charge in [-0.15, -0.1) is 0 Å². The molecule has 1 aliphatic carbocycles. The van der Waals surface area contributed by atoms with Crippen molar-refractivity contribution in [3.63, 3.8) is 0 Å². The van der Waals surface area contributed by atoms with E-state index in [0.717, 1.165) is 6.21 Å². The Balaban J connectivity index is 2.75. The van der Waals surface area contributed by atoms with Crippen molar-refractivity contribution in [2.75, 3.05) is 13.2 Å². The van der Waals surface area contributed by atoms with Crippen molar-refractivity contribution in [1.29, 1.82) is 5.41 Å². The van der Waals surface area contributed by atoms with E-state index in [1.165, 1.54) is 0 Å². The van der Waals surface area contributed by atoms with E-state index < -0.39 is 17.7 Å². The standard InChI is InChI=1S/C19H31N3O6/c1-5-27-17(25)12-6-8-13(9-7-12)22-15(14(10-20)16(23)24)11-21-18(26)28-19(2,3)4/h10,12-13,20,22H,5-9,11H2,1-4H3,(H,21,26)(H,23,24)/b15-14+,20-10?/t12-,13-. The van der Waals surface area contributed by atoms with Crippen LogP contribution in [0.3, 0.4) is 0 Å². The summed E-state index contributed by atoms with van der Waals surface area (Å²) in [5, 5.41) is 22.4. The fraction of sp³-hybridized carbons (Fsp3) is 0.684. The third-order valence-electron chi connectivity index (χ3n) is 4.23. The van der Waals surface area contributed by atoms with Gasteiger partial charge < -0.3 is 30.6 Å². The lowest BCUT2D eigenvalue weighted by Crippen LogP contribution is -2.41. The number of rotatable bonds is 8. The molecule has 0 aromatic heterocycles. The van der Waals surface area contributed by atoms with Crippen LogP contribution in [0.5, 0.6) is 0 Å². The number of ether oxygens (including phenoxy) is 2. The van der Waals surface area contributed by atoms with E-state index in [1.54, 1.807) is 27.7 Å². The third kappa shape index (κ3) is 7.98. The van der Waals surface area contributed by atoms with Crippen LogP contribution in [0.15, 0.2) is 11.3 Å². The highest BCUT2D eigenvalue weighted by molar-refractivity contribution is 6.08. The van der Waals surface area contributed by atoms with Gasteiger partial charge in [-0.2, -0.15) is 0 Å². The minimum absolute atomic E-state index is 0.0598. The second-order valence-corrected chi connectivity index (χ2v) is 7.64. The number of carbonyl (C=O) groups is 3. The summed E-state index contributed by atoms with van der Waals surface area (Å²) in [6, 6.07) is -0.0598. The van der Waals surface area contributed by atoms with E-state index in [9.17, 15) is 19.5 Å². The van der Waals surface area contributed by atoms with Gasteiger partial charge in [-0.05, 0) is 53.4 Å². The summed E-state index contributed by atoms with van der Waals surface area (Å²) in [7, 11) is 0. The lowest BCUT2D eigenvalue weighted by Gasteiger charge is -2.30. The highest BCUT2D eigenvalue weighted by atomic mass is 16.6. The van der Waals surface area contributed by atoms with Gasteiger partial charge in [-0.3, -0.25) is 4.79 Å². The van der Waals surface area contributed by atoms with E-state index in [-0.39, 0.29) is 35.7 Å². The number of amides is 1. The molecule has 0 aromatic carbocycles. The average Bonchev–Trinajstić information content (AvgIpc) is 2.59. The molecule has 0 atom stereocenters. The van der Waals surface area contributed by atoms with Gasteiger partial charge in [0.1, 0.15) is 5.60 Å². The largest absolute Gasteiger partial charge is 0.478 e.